The second-order valence-electron chi connectivity index (χ2n) is 9.14. The lowest BCUT2D eigenvalue weighted by Crippen LogP contribution is -2.30. The zero-order valence-corrected chi connectivity index (χ0v) is 20.1. The highest BCUT2D eigenvalue weighted by Crippen LogP contribution is 2.43. The number of benzene rings is 2. The number of aryl methyl sites for hydroxylation is 3. The standard InChI is InChI=1S/C28H29NO5/c1-16(2)15-33-21-8-6-7-20(14-21)26(30)24-25(23-12-10-19(5)34-23)29(28(32)27(24)31)22-11-9-17(3)13-18(22)4/h6-14,16,25,30H,15H2,1-5H3/b26-24-. The fraction of sp³-hybridized carbons (Fsp3) is 0.286. The molecule has 0 spiro atoms. The average molecular weight is 460 g/mol. The molecule has 1 saturated heterocycles. The highest BCUT2D eigenvalue weighted by molar-refractivity contribution is 6.51. The van der Waals surface area contributed by atoms with Crippen molar-refractivity contribution in [3.8, 4) is 5.75 Å². The zero-order valence-electron chi connectivity index (χ0n) is 20.1. The molecule has 6 heteroatoms. The van der Waals surface area contributed by atoms with Crippen LogP contribution in [-0.4, -0.2) is 23.4 Å². The number of aliphatic hydroxyl groups is 1. The lowest BCUT2D eigenvalue weighted by Gasteiger charge is -2.25. The lowest BCUT2D eigenvalue weighted by atomic mass is 9.98. The van der Waals surface area contributed by atoms with Gasteiger partial charge in [-0.05, 0) is 62.6 Å². The summed E-state index contributed by atoms with van der Waals surface area (Å²) in [6.45, 7) is 10.3. The number of hydrogen-bond donors (Lipinski definition) is 1. The number of furan rings is 1. The fourth-order valence-electron chi connectivity index (χ4n) is 4.18. The Kier molecular flexibility index (Phi) is 6.33. The largest absolute Gasteiger partial charge is 0.507 e. The first-order valence-electron chi connectivity index (χ1n) is 11.3. The van der Waals surface area contributed by atoms with E-state index < -0.39 is 17.7 Å². The van der Waals surface area contributed by atoms with E-state index in [-0.39, 0.29) is 11.3 Å². The number of ketones is 1. The Morgan fingerprint density at radius 3 is 2.47 bits per heavy atom. The van der Waals surface area contributed by atoms with Crippen LogP contribution in [0, 0.1) is 26.7 Å². The predicted molar refractivity (Wildman–Crippen MR) is 131 cm³/mol. The van der Waals surface area contributed by atoms with Gasteiger partial charge in [0.2, 0.25) is 0 Å². The third kappa shape index (κ3) is 4.36. The highest BCUT2D eigenvalue weighted by atomic mass is 16.5. The van der Waals surface area contributed by atoms with Gasteiger partial charge in [-0.15, -0.1) is 0 Å². The molecule has 1 atom stereocenters. The molecule has 3 aromatic rings. The van der Waals surface area contributed by atoms with Crippen LogP contribution in [0.15, 0.2) is 64.6 Å². The summed E-state index contributed by atoms with van der Waals surface area (Å²) in [5.74, 6) is 0.231. The first-order chi connectivity index (χ1) is 16.2. The van der Waals surface area contributed by atoms with E-state index in [4.69, 9.17) is 9.15 Å². The van der Waals surface area contributed by atoms with Crippen LogP contribution in [0.25, 0.3) is 5.76 Å². The molecule has 1 fully saturated rings. The molecule has 0 aliphatic carbocycles. The number of nitrogens with zero attached hydrogens (tertiary/aromatic N) is 1. The molecule has 1 N–H and O–H groups in total. The Labute approximate surface area is 199 Å². The van der Waals surface area contributed by atoms with Gasteiger partial charge < -0.3 is 14.3 Å². The summed E-state index contributed by atoms with van der Waals surface area (Å²) in [4.78, 5) is 28.0. The van der Waals surface area contributed by atoms with Crippen molar-refractivity contribution in [2.45, 2.75) is 40.7 Å². The monoisotopic (exact) mass is 459 g/mol. The summed E-state index contributed by atoms with van der Waals surface area (Å²) >= 11 is 0. The Morgan fingerprint density at radius 1 is 1.06 bits per heavy atom. The molecule has 176 valence electrons. The number of carbonyl (C=O) groups is 2. The van der Waals surface area contributed by atoms with Gasteiger partial charge in [-0.1, -0.05) is 43.7 Å². The highest BCUT2D eigenvalue weighted by Gasteiger charge is 2.48. The van der Waals surface area contributed by atoms with Gasteiger partial charge >= 0.3 is 0 Å². The number of Topliss-reactive ketones (excluding diaryl/α,β-unsaturated/α-hetero) is 1. The van der Waals surface area contributed by atoms with Crippen LogP contribution < -0.4 is 9.64 Å². The lowest BCUT2D eigenvalue weighted by molar-refractivity contribution is -0.132. The number of amides is 1. The second-order valence-corrected chi connectivity index (χ2v) is 9.14. The van der Waals surface area contributed by atoms with E-state index in [2.05, 4.69) is 0 Å². The van der Waals surface area contributed by atoms with Crippen molar-refractivity contribution in [1.29, 1.82) is 0 Å². The van der Waals surface area contributed by atoms with Crippen molar-refractivity contribution < 1.29 is 23.8 Å². The summed E-state index contributed by atoms with van der Waals surface area (Å²) in [6, 6.07) is 15.2. The van der Waals surface area contributed by atoms with E-state index in [1.165, 1.54) is 4.90 Å². The van der Waals surface area contributed by atoms with Gasteiger partial charge in [-0.2, -0.15) is 0 Å². The van der Waals surface area contributed by atoms with Gasteiger partial charge in [0.05, 0.1) is 12.2 Å². The topological polar surface area (TPSA) is 80.0 Å². The molecule has 1 aromatic heterocycles. The van der Waals surface area contributed by atoms with Crippen molar-refractivity contribution in [2.75, 3.05) is 11.5 Å². The molecule has 2 heterocycles. The Hall–Kier alpha value is -3.80. The van der Waals surface area contributed by atoms with Crippen LogP contribution in [0.1, 0.15) is 48.1 Å². The summed E-state index contributed by atoms with van der Waals surface area (Å²) in [5.41, 5.74) is 2.87. The van der Waals surface area contributed by atoms with Crippen LogP contribution in [0.2, 0.25) is 0 Å². The molecule has 4 rings (SSSR count). The third-order valence-corrected chi connectivity index (χ3v) is 5.78. The molecular weight excluding hydrogens is 430 g/mol. The number of aliphatic hydroxyl groups excluding tert-OH is 1. The minimum absolute atomic E-state index is 0.0136. The van der Waals surface area contributed by atoms with Crippen LogP contribution in [0.5, 0.6) is 5.75 Å². The molecule has 2 aromatic carbocycles. The van der Waals surface area contributed by atoms with Crippen molar-refractivity contribution in [2.24, 2.45) is 5.92 Å². The number of rotatable bonds is 6. The van der Waals surface area contributed by atoms with Crippen molar-refractivity contribution in [1.82, 2.24) is 0 Å². The number of anilines is 1. The van der Waals surface area contributed by atoms with Crippen molar-refractivity contribution in [3.63, 3.8) is 0 Å². The normalized spacial score (nSPS) is 17.6. The molecular formula is C28H29NO5. The maximum absolute atomic E-state index is 13.3. The van der Waals surface area contributed by atoms with Crippen LogP contribution in [0.4, 0.5) is 5.69 Å². The Morgan fingerprint density at radius 2 is 1.82 bits per heavy atom. The van der Waals surface area contributed by atoms with Gasteiger partial charge in [0.25, 0.3) is 11.7 Å². The van der Waals surface area contributed by atoms with Gasteiger partial charge in [-0.25, -0.2) is 0 Å². The summed E-state index contributed by atoms with van der Waals surface area (Å²) in [7, 11) is 0. The first kappa shape index (κ1) is 23.4. The van der Waals surface area contributed by atoms with Gasteiger partial charge in [0, 0.05) is 11.3 Å². The van der Waals surface area contributed by atoms with Gasteiger partial charge in [0.1, 0.15) is 29.1 Å². The maximum Gasteiger partial charge on any atom is 0.300 e. The number of carbonyl (C=O) groups excluding carboxylic acids is 2. The fourth-order valence-corrected chi connectivity index (χ4v) is 4.18. The SMILES string of the molecule is Cc1ccc(N2C(=O)C(=O)/C(=C(\O)c3cccc(OCC(C)C)c3)C2c2ccc(C)o2)c(C)c1. The predicted octanol–water partition coefficient (Wildman–Crippen LogP) is 5.87. The third-order valence-electron chi connectivity index (χ3n) is 5.78. The van der Waals surface area contributed by atoms with E-state index in [0.29, 0.717) is 41.0 Å². The molecule has 0 bridgehead atoms. The summed E-state index contributed by atoms with van der Waals surface area (Å²) in [5, 5.41) is 11.3. The molecule has 1 unspecified atom stereocenters. The number of ether oxygens (including phenoxy) is 1. The van der Waals surface area contributed by atoms with E-state index in [1.54, 1.807) is 43.3 Å². The summed E-state index contributed by atoms with van der Waals surface area (Å²) < 4.78 is 11.7. The summed E-state index contributed by atoms with van der Waals surface area (Å²) in [6.07, 6.45) is 0. The Bertz CT molecular complexity index is 1280. The zero-order chi connectivity index (χ0) is 24.6. The van der Waals surface area contributed by atoms with Crippen LogP contribution in [0.3, 0.4) is 0 Å². The maximum atomic E-state index is 13.3. The molecule has 34 heavy (non-hydrogen) atoms. The first-order valence-corrected chi connectivity index (χ1v) is 11.3. The molecule has 1 aliphatic heterocycles. The molecule has 0 saturated carbocycles. The van der Waals surface area contributed by atoms with Crippen molar-refractivity contribution in [3.05, 3.63) is 88.4 Å². The minimum Gasteiger partial charge on any atom is -0.507 e. The molecule has 0 radical (unpaired) electrons. The average Bonchev–Trinajstić information content (AvgIpc) is 3.33. The minimum atomic E-state index is -0.893. The molecule has 1 amide bonds. The van der Waals surface area contributed by atoms with Gasteiger partial charge in [-0.3, -0.25) is 14.5 Å². The molecule has 6 nitrogen and oxygen atoms in total. The quantitative estimate of drug-likeness (QED) is 0.283. The smallest absolute Gasteiger partial charge is 0.300 e. The van der Waals surface area contributed by atoms with Crippen LogP contribution in [-0.2, 0) is 9.59 Å². The Balaban J connectivity index is 1.87. The van der Waals surface area contributed by atoms with E-state index in [0.717, 1.165) is 11.1 Å². The molecule has 1 aliphatic rings. The number of hydrogen-bond acceptors (Lipinski definition) is 5. The van der Waals surface area contributed by atoms with E-state index in [9.17, 15) is 14.7 Å². The second kappa shape index (κ2) is 9.21. The van der Waals surface area contributed by atoms with Crippen molar-refractivity contribution >= 4 is 23.1 Å². The van der Waals surface area contributed by atoms with E-state index in [1.807, 2.05) is 45.9 Å². The van der Waals surface area contributed by atoms with E-state index >= 15 is 0 Å². The van der Waals surface area contributed by atoms with Gasteiger partial charge in [0.15, 0.2) is 0 Å². The van der Waals surface area contributed by atoms with Crippen LogP contribution >= 0.6 is 0 Å².